The zero-order valence-corrected chi connectivity index (χ0v) is 23.4. The average molecular weight is 686 g/mol. The number of rotatable bonds is 2. The topological polar surface area (TPSA) is 28.7 Å². The summed E-state index contributed by atoms with van der Waals surface area (Å²) < 4.78 is 4.38. The van der Waals surface area contributed by atoms with Crippen molar-refractivity contribution in [2.24, 2.45) is 0 Å². The van der Waals surface area contributed by atoms with Crippen molar-refractivity contribution in [1.29, 1.82) is 0 Å². The van der Waals surface area contributed by atoms with Crippen molar-refractivity contribution in [2.45, 2.75) is 0 Å². The van der Waals surface area contributed by atoms with Crippen LogP contribution in [0.4, 0.5) is 17.1 Å². The molecule has 0 atom stereocenters. The van der Waals surface area contributed by atoms with Crippen LogP contribution < -0.4 is 9.80 Å². The first-order valence-corrected chi connectivity index (χ1v) is 12.6. The van der Waals surface area contributed by atoms with Crippen LogP contribution in [-0.4, -0.2) is 21.0 Å². The van der Waals surface area contributed by atoms with Gasteiger partial charge in [0.15, 0.2) is 0 Å². The second-order valence-corrected chi connectivity index (χ2v) is 9.14. The van der Waals surface area contributed by atoms with E-state index in [4.69, 9.17) is 4.98 Å². The molecule has 0 amide bonds. The maximum Gasteiger partial charge on any atom is 0.218 e. The first-order chi connectivity index (χ1) is 18.8. The molecule has 7 aromatic rings. The van der Waals surface area contributed by atoms with Crippen LogP contribution in [0.25, 0.3) is 33.5 Å². The summed E-state index contributed by atoms with van der Waals surface area (Å²) in [5.74, 6) is 0.921. The molecule has 0 aliphatic carbocycles. The molecule has 0 bridgehead atoms. The molecule has 0 spiro atoms. The van der Waals surface area contributed by atoms with Crippen molar-refractivity contribution in [2.75, 3.05) is 16.8 Å². The van der Waals surface area contributed by atoms with E-state index in [1.165, 1.54) is 11.4 Å². The Morgan fingerprint density at radius 3 is 1.92 bits per heavy atom. The number of nitrogens with zero attached hydrogens (tertiary/aromatic N) is 5. The summed E-state index contributed by atoms with van der Waals surface area (Å²) >= 11 is 0. The molecule has 1 aliphatic heterocycles. The third-order valence-electron chi connectivity index (χ3n) is 6.80. The Hall–Kier alpha value is -4.34. The van der Waals surface area contributed by atoms with E-state index in [-0.39, 0.29) is 21.1 Å². The number of aromatic nitrogens is 3. The Kier molecular flexibility index (Phi) is 6.68. The molecule has 0 unspecified atom stereocenters. The van der Waals surface area contributed by atoms with Gasteiger partial charge in [0.05, 0.1) is 22.1 Å². The summed E-state index contributed by atoms with van der Waals surface area (Å²) in [6, 6.07) is 47.5. The van der Waals surface area contributed by atoms with Crippen LogP contribution in [0.5, 0.6) is 0 Å². The van der Waals surface area contributed by atoms with Gasteiger partial charge in [0.2, 0.25) is 5.78 Å². The second kappa shape index (κ2) is 10.4. The van der Waals surface area contributed by atoms with Crippen molar-refractivity contribution in [1.82, 2.24) is 14.0 Å². The predicted octanol–water partition coefficient (Wildman–Crippen LogP) is 7.42. The Morgan fingerprint density at radius 1 is 0.615 bits per heavy atom. The molecule has 2 aromatic heterocycles. The summed E-state index contributed by atoms with van der Waals surface area (Å²) in [6.45, 7) is 2.08. The Morgan fingerprint density at radius 2 is 1.21 bits per heavy atom. The van der Waals surface area contributed by atoms with E-state index in [9.17, 15) is 0 Å². The third kappa shape index (κ3) is 4.29. The van der Waals surface area contributed by atoms with Crippen LogP contribution in [0.3, 0.4) is 0 Å². The molecule has 0 fully saturated rings. The van der Waals surface area contributed by atoms with Gasteiger partial charge in [0, 0.05) is 32.4 Å². The molecule has 0 N–H and O–H groups in total. The monoisotopic (exact) mass is 685 g/mol. The maximum absolute atomic E-state index is 4.83. The van der Waals surface area contributed by atoms with Crippen LogP contribution >= 0.6 is 0 Å². The number of para-hydroxylation sites is 8. The zero-order chi connectivity index (χ0) is 25.5. The number of anilines is 3. The first kappa shape index (κ1) is 25.0. The molecule has 0 radical (unpaired) electrons. The molecule has 3 heterocycles. The van der Waals surface area contributed by atoms with Gasteiger partial charge in [-0.2, -0.15) is 61.3 Å². The molecule has 0 saturated heterocycles. The molecule has 6 heteroatoms. The Balaban J connectivity index is 0.000000145. The van der Waals surface area contributed by atoms with E-state index >= 15 is 0 Å². The fourth-order valence-corrected chi connectivity index (χ4v) is 5.10. The summed E-state index contributed by atoms with van der Waals surface area (Å²) in [7, 11) is 2.06. The smallest absolute Gasteiger partial charge is 0.218 e. The van der Waals surface area contributed by atoms with Gasteiger partial charge in [0.25, 0.3) is 0 Å². The van der Waals surface area contributed by atoms with E-state index in [1.54, 1.807) is 0 Å². The zero-order valence-electron chi connectivity index (χ0n) is 21.2. The molecular formula is C33H24N5Pt-3. The quantitative estimate of drug-likeness (QED) is 0.178. The number of benzene rings is 5. The molecule has 0 saturated carbocycles. The van der Waals surface area contributed by atoms with Gasteiger partial charge in [-0.1, -0.05) is 42.1 Å². The molecule has 194 valence electrons. The van der Waals surface area contributed by atoms with Gasteiger partial charge in [-0.3, -0.25) is 4.40 Å². The molecule has 8 rings (SSSR count). The summed E-state index contributed by atoms with van der Waals surface area (Å²) in [5, 5.41) is 0. The summed E-state index contributed by atoms with van der Waals surface area (Å²) in [5.41, 5.74) is 8.92. The molecule has 1 aliphatic rings. The van der Waals surface area contributed by atoms with Gasteiger partial charge in [-0.15, -0.1) is 11.8 Å². The largest absolute Gasteiger partial charge is 0.504 e. The van der Waals surface area contributed by atoms with E-state index in [1.807, 2.05) is 42.5 Å². The van der Waals surface area contributed by atoms with Crippen LogP contribution in [0.15, 0.2) is 121 Å². The SMILES string of the molecule is CN1[CH-]N(c2[c-]cccc2)c2ccccc21.[Pt].[c-]1ccccc1-n1c2ccccc2n2c3ccccc3nc12. The Bertz CT molecular complexity index is 1870. The number of fused-ring (bicyclic) bond motifs is 6. The van der Waals surface area contributed by atoms with Crippen molar-refractivity contribution in [3.05, 3.63) is 140 Å². The van der Waals surface area contributed by atoms with Crippen LogP contribution in [0.2, 0.25) is 0 Å². The minimum Gasteiger partial charge on any atom is -0.504 e. The Labute approximate surface area is 241 Å². The van der Waals surface area contributed by atoms with Crippen molar-refractivity contribution in [3.8, 4) is 5.69 Å². The van der Waals surface area contributed by atoms with E-state index in [0.717, 1.165) is 39.2 Å². The number of hydrogen-bond donors (Lipinski definition) is 0. The third-order valence-corrected chi connectivity index (χ3v) is 6.80. The molecular weight excluding hydrogens is 661 g/mol. The fourth-order valence-electron chi connectivity index (χ4n) is 5.10. The van der Waals surface area contributed by atoms with E-state index in [2.05, 4.69) is 123 Å². The normalized spacial score (nSPS) is 12.3. The standard InChI is InChI=1S/C19H12N3.C14H12N2.Pt/c1-2-8-14(9-3-1)21-17-12-6-7-13-18(17)22-16-11-5-4-10-15(16)20-19(21)22;1-15-11-16(12-7-3-2-4-8-12)14-10-6-5-9-13(14)15;/h1-8,10-13H;2-7,9-11H,1H3;/q-1;-2;. The average Bonchev–Trinajstić information content (AvgIpc) is 3.63. The minimum absolute atomic E-state index is 0. The van der Waals surface area contributed by atoms with Gasteiger partial charge in [-0.25, -0.2) is 4.98 Å². The first-order valence-electron chi connectivity index (χ1n) is 12.6. The second-order valence-electron chi connectivity index (χ2n) is 9.14. The van der Waals surface area contributed by atoms with E-state index < -0.39 is 0 Å². The van der Waals surface area contributed by atoms with Crippen LogP contribution in [-0.2, 0) is 21.1 Å². The minimum atomic E-state index is 0. The van der Waals surface area contributed by atoms with Crippen LogP contribution in [0, 0.1) is 18.8 Å². The predicted molar refractivity (Wildman–Crippen MR) is 155 cm³/mol. The van der Waals surface area contributed by atoms with E-state index in [0.29, 0.717) is 0 Å². The molecule has 39 heavy (non-hydrogen) atoms. The molecule has 5 aromatic carbocycles. The van der Waals surface area contributed by atoms with Crippen LogP contribution in [0.1, 0.15) is 0 Å². The van der Waals surface area contributed by atoms with Gasteiger partial charge in [-0.05, 0) is 43.4 Å². The summed E-state index contributed by atoms with van der Waals surface area (Å²) in [4.78, 5) is 9.10. The van der Waals surface area contributed by atoms with Gasteiger partial charge >= 0.3 is 0 Å². The number of hydrogen-bond acceptors (Lipinski definition) is 3. The van der Waals surface area contributed by atoms with Crippen molar-refractivity contribution >= 4 is 44.9 Å². The van der Waals surface area contributed by atoms with Gasteiger partial charge in [0.1, 0.15) is 0 Å². The fraction of sp³-hybridized carbons (Fsp3) is 0.0303. The number of imidazole rings is 2. The van der Waals surface area contributed by atoms with Crippen molar-refractivity contribution in [3.63, 3.8) is 0 Å². The summed E-state index contributed by atoms with van der Waals surface area (Å²) in [6.07, 6.45) is 0. The maximum atomic E-state index is 4.83. The van der Waals surface area contributed by atoms with Gasteiger partial charge < -0.3 is 14.4 Å². The molecule has 5 nitrogen and oxygen atoms in total. The van der Waals surface area contributed by atoms with Crippen molar-refractivity contribution < 1.29 is 21.1 Å².